The third-order valence-electron chi connectivity index (χ3n) is 3.37. The Morgan fingerprint density at radius 3 is 2.21 bits per heavy atom. The van der Waals surface area contributed by atoms with Crippen LogP contribution in [0.1, 0.15) is 33.9 Å². The van der Waals surface area contributed by atoms with Crippen molar-refractivity contribution >= 4 is 11.6 Å². The van der Waals surface area contributed by atoms with Crippen LogP contribution in [-0.4, -0.2) is 5.11 Å². The van der Waals surface area contributed by atoms with Gasteiger partial charge in [-0.3, -0.25) is 0 Å². The molecule has 0 saturated heterocycles. The van der Waals surface area contributed by atoms with E-state index in [0.717, 1.165) is 22.3 Å². The standard InChI is InChI=1S/C16H16ClFO/c1-9-6-12(18)4-5-13(9)16(19)14-7-11(3)15(17)8-10(14)2/h4-8,16,19H,1-3H3. The summed E-state index contributed by atoms with van der Waals surface area (Å²) in [4.78, 5) is 0. The molecule has 0 aliphatic carbocycles. The van der Waals surface area contributed by atoms with Gasteiger partial charge in [0.15, 0.2) is 0 Å². The molecule has 2 aromatic carbocycles. The van der Waals surface area contributed by atoms with Gasteiger partial charge in [-0.05, 0) is 66.8 Å². The van der Waals surface area contributed by atoms with Crippen molar-refractivity contribution in [3.8, 4) is 0 Å². The summed E-state index contributed by atoms with van der Waals surface area (Å²) in [5.74, 6) is -0.294. The highest BCUT2D eigenvalue weighted by atomic mass is 35.5. The summed E-state index contributed by atoms with van der Waals surface area (Å²) < 4.78 is 13.1. The Labute approximate surface area is 117 Å². The third kappa shape index (κ3) is 2.80. The van der Waals surface area contributed by atoms with Crippen molar-refractivity contribution in [2.45, 2.75) is 26.9 Å². The summed E-state index contributed by atoms with van der Waals surface area (Å²) >= 11 is 6.06. The second-order valence-electron chi connectivity index (χ2n) is 4.86. The van der Waals surface area contributed by atoms with Gasteiger partial charge in [0.25, 0.3) is 0 Å². The Balaban J connectivity index is 2.49. The molecule has 0 radical (unpaired) electrons. The number of aliphatic hydroxyl groups excluding tert-OH is 1. The number of rotatable bonds is 2. The first-order chi connectivity index (χ1) is 8.90. The van der Waals surface area contributed by atoms with E-state index in [1.165, 1.54) is 12.1 Å². The summed E-state index contributed by atoms with van der Waals surface area (Å²) in [7, 11) is 0. The van der Waals surface area contributed by atoms with E-state index in [4.69, 9.17) is 11.6 Å². The zero-order valence-electron chi connectivity index (χ0n) is 11.2. The fraction of sp³-hybridized carbons (Fsp3) is 0.250. The molecule has 0 aromatic heterocycles. The van der Waals surface area contributed by atoms with Crippen LogP contribution in [0.5, 0.6) is 0 Å². The molecule has 19 heavy (non-hydrogen) atoms. The minimum Gasteiger partial charge on any atom is -0.384 e. The van der Waals surface area contributed by atoms with Crippen LogP contribution in [0, 0.1) is 26.6 Å². The van der Waals surface area contributed by atoms with Gasteiger partial charge in [-0.2, -0.15) is 0 Å². The molecular formula is C16H16ClFO. The molecule has 0 amide bonds. The Hall–Kier alpha value is -1.38. The predicted octanol–water partition coefficient (Wildman–Crippen LogP) is 4.49. The van der Waals surface area contributed by atoms with Crippen LogP contribution in [0.2, 0.25) is 5.02 Å². The summed E-state index contributed by atoms with van der Waals surface area (Å²) in [5, 5.41) is 11.2. The first kappa shape index (κ1) is 14.0. The monoisotopic (exact) mass is 278 g/mol. The lowest BCUT2D eigenvalue weighted by atomic mass is 9.93. The minimum absolute atomic E-state index is 0.294. The molecule has 3 heteroatoms. The van der Waals surface area contributed by atoms with Crippen LogP contribution in [0.15, 0.2) is 30.3 Å². The van der Waals surface area contributed by atoms with Gasteiger partial charge in [0.05, 0.1) is 0 Å². The van der Waals surface area contributed by atoms with E-state index in [9.17, 15) is 9.50 Å². The summed E-state index contributed by atoms with van der Waals surface area (Å²) in [6, 6.07) is 8.14. The molecule has 1 N–H and O–H groups in total. The zero-order valence-corrected chi connectivity index (χ0v) is 11.9. The van der Waals surface area contributed by atoms with E-state index in [0.29, 0.717) is 10.6 Å². The highest BCUT2D eigenvalue weighted by Crippen LogP contribution is 2.30. The van der Waals surface area contributed by atoms with Gasteiger partial charge in [-0.25, -0.2) is 4.39 Å². The Kier molecular flexibility index (Phi) is 3.93. The number of hydrogen-bond acceptors (Lipinski definition) is 1. The molecule has 0 aliphatic rings. The summed E-state index contributed by atoms with van der Waals surface area (Å²) in [6.07, 6.45) is -0.767. The van der Waals surface area contributed by atoms with Gasteiger partial charge in [0, 0.05) is 5.02 Å². The van der Waals surface area contributed by atoms with Crippen LogP contribution in [0.4, 0.5) is 4.39 Å². The minimum atomic E-state index is -0.767. The largest absolute Gasteiger partial charge is 0.384 e. The van der Waals surface area contributed by atoms with Crippen LogP contribution in [0.25, 0.3) is 0 Å². The highest BCUT2D eigenvalue weighted by molar-refractivity contribution is 6.31. The molecule has 0 aliphatic heterocycles. The first-order valence-electron chi connectivity index (χ1n) is 6.11. The topological polar surface area (TPSA) is 20.2 Å². The molecule has 2 aromatic rings. The van der Waals surface area contributed by atoms with Crippen molar-refractivity contribution in [3.05, 3.63) is 69.0 Å². The number of aliphatic hydroxyl groups is 1. The quantitative estimate of drug-likeness (QED) is 0.858. The Bertz CT molecular complexity index is 622. The molecule has 0 saturated carbocycles. The Morgan fingerprint density at radius 2 is 1.58 bits per heavy atom. The molecule has 0 spiro atoms. The maximum absolute atomic E-state index is 13.1. The van der Waals surface area contributed by atoms with Crippen LogP contribution < -0.4 is 0 Å². The van der Waals surface area contributed by atoms with E-state index >= 15 is 0 Å². The molecular weight excluding hydrogens is 263 g/mol. The fourth-order valence-electron chi connectivity index (χ4n) is 2.21. The maximum Gasteiger partial charge on any atom is 0.123 e. The molecule has 0 heterocycles. The fourth-order valence-corrected chi connectivity index (χ4v) is 2.43. The van der Waals surface area contributed by atoms with Crippen molar-refractivity contribution in [3.63, 3.8) is 0 Å². The second kappa shape index (κ2) is 5.32. The van der Waals surface area contributed by atoms with Crippen LogP contribution in [-0.2, 0) is 0 Å². The van der Waals surface area contributed by atoms with Gasteiger partial charge in [-0.1, -0.05) is 23.7 Å². The number of halogens is 2. The van der Waals surface area contributed by atoms with Crippen molar-refractivity contribution in [1.82, 2.24) is 0 Å². The van der Waals surface area contributed by atoms with Crippen molar-refractivity contribution in [1.29, 1.82) is 0 Å². The number of benzene rings is 2. The van der Waals surface area contributed by atoms with E-state index < -0.39 is 6.10 Å². The lowest BCUT2D eigenvalue weighted by Crippen LogP contribution is -2.05. The van der Waals surface area contributed by atoms with Gasteiger partial charge in [0.1, 0.15) is 11.9 Å². The van der Waals surface area contributed by atoms with Crippen LogP contribution in [0.3, 0.4) is 0 Å². The van der Waals surface area contributed by atoms with Gasteiger partial charge in [-0.15, -0.1) is 0 Å². The molecule has 1 atom stereocenters. The Morgan fingerprint density at radius 1 is 0.947 bits per heavy atom. The van der Waals surface area contributed by atoms with Gasteiger partial charge >= 0.3 is 0 Å². The third-order valence-corrected chi connectivity index (χ3v) is 3.78. The van der Waals surface area contributed by atoms with E-state index in [2.05, 4.69) is 0 Å². The normalized spacial score (nSPS) is 12.5. The molecule has 0 bridgehead atoms. The highest BCUT2D eigenvalue weighted by Gasteiger charge is 2.16. The predicted molar refractivity (Wildman–Crippen MR) is 76.1 cm³/mol. The molecule has 100 valence electrons. The molecule has 2 rings (SSSR count). The lowest BCUT2D eigenvalue weighted by Gasteiger charge is -2.17. The molecule has 0 fully saturated rings. The van der Waals surface area contributed by atoms with Crippen molar-refractivity contribution in [2.24, 2.45) is 0 Å². The second-order valence-corrected chi connectivity index (χ2v) is 5.27. The molecule has 1 unspecified atom stereocenters. The van der Waals surface area contributed by atoms with Crippen LogP contribution >= 0.6 is 11.6 Å². The average molecular weight is 279 g/mol. The number of hydrogen-bond donors (Lipinski definition) is 1. The zero-order chi connectivity index (χ0) is 14.2. The van der Waals surface area contributed by atoms with Crippen molar-refractivity contribution in [2.75, 3.05) is 0 Å². The van der Waals surface area contributed by atoms with Crippen molar-refractivity contribution < 1.29 is 9.50 Å². The maximum atomic E-state index is 13.1. The molecule has 1 nitrogen and oxygen atoms in total. The smallest absolute Gasteiger partial charge is 0.123 e. The summed E-state index contributed by atoms with van der Waals surface area (Å²) in [6.45, 7) is 5.60. The lowest BCUT2D eigenvalue weighted by molar-refractivity contribution is 0.218. The first-order valence-corrected chi connectivity index (χ1v) is 6.48. The average Bonchev–Trinajstić information content (AvgIpc) is 2.33. The number of aryl methyl sites for hydroxylation is 3. The van der Waals surface area contributed by atoms with E-state index in [1.807, 2.05) is 26.0 Å². The van der Waals surface area contributed by atoms with E-state index in [-0.39, 0.29) is 5.82 Å². The summed E-state index contributed by atoms with van der Waals surface area (Å²) in [5.41, 5.74) is 4.09. The van der Waals surface area contributed by atoms with Gasteiger partial charge < -0.3 is 5.11 Å². The van der Waals surface area contributed by atoms with E-state index in [1.54, 1.807) is 13.0 Å². The van der Waals surface area contributed by atoms with Gasteiger partial charge in [0.2, 0.25) is 0 Å². The SMILES string of the molecule is Cc1cc(C(O)c2ccc(F)cc2C)c(C)cc1Cl.